The lowest BCUT2D eigenvalue weighted by Crippen LogP contribution is -1.86. The Balaban J connectivity index is 1.33. The maximum atomic E-state index is 2.27. The molecule has 0 heteroatoms. The average Bonchev–Trinajstić information content (AvgIpc) is 2.86. The van der Waals surface area contributed by atoms with Gasteiger partial charge in [-0.05, 0) is 54.6 Å². The second-order valence-electron chi connectivity index (χ2n) is 8.25. The Kier molecular flexibility index (Phi) is 4.55. The van der Waals surface area contributed by atoms with Gasteiger partial charge in [0, 0.05) is 0 Å². The summed E-state index contributed by atoms with van der Waals surface area (Å²) in [7, 11) is 0. The minimum atomic E-state index is 1.20. The minimum absolute atomic E-state index is 1.20. The van der Waals surface area contributed by atoms with Crippen LogP contribution in [0.2, 0.25) is 0 Å². The first kappa shape index (κ1) is 18.6. The smallest absolute Gasteiger partial charge is 0.00208 e. The van der Waals surface area contributed by atoms with Gasteiger partial charge >= 0.3 is 0 Å². The highest BCUT2D eigenvalue weighted by Gasteiger charge is 2.09. The molecule has 0 atom stereocenters. The predicted molar refractivity (Wildman–Crippen MR) is 141 cm³/mol. The summed E-state index contributed by atoms with van der Waals surface area (Å²) in [5, 5.41) is 7.96. The zero-order chi connectivity index (χ0) is 21.3. The van der Waals surface area contributed by atoms with E-state index in [0.29, 0.717) is 0 Å². The molecule has 0 radical (unpaired) electrons. The van der Waals surface area contributed by atoms with Gasteiger partial charge in [-0.15, -0.1) is 0 Å². The van der Waals surface area contributed by atoms with E-state index in [1.165, 1.54) is 54.6 Å². The van der Waals surface area contributed by atoms with Crippen molar-refractivity contribution in [2.24, 2.45) is 0 Å². The normalized spacial score (nSPS) is 12.1. The fraction of sp³-hybridized carbons (Fsp3) is 0. The lowest BCUT2D eigenvalue weighted by molar-refractivity contribution is 1.62. The van der Waals surface area contributed by atoms with Crippen molar-refractivity contribution in [3.05, 3.63) is 131 Å². The van der Waals surface area contributed by atoms with E-state index in [2.05, 4.69) is 127 Å². The van der Waals surface area contributed by atoms with Crippen LogP contribution in [0, 0.1) is 0 Å². The van der Waals surface area contributed by atoms with E-state index in [9.17, 15) is 0 Å². The van der Waals surface area contributed by atoms with Gasteiger partial charge in [0.2, 0.25) is 0 Å². The molecule has 0 aromatic heterocycles. The Morgan fingerprint density at radius 2 is 0.875 bits per heavy atom. The van der Waals surface area contributed by atoms with E-state index in [4.69, 9.17) is 0 Å². The van der Waals surface area contributed by atoms with Crippen LogP contribution in [0.4, 0.5) is 0 Å². The Bertz CT molecular complexity index is 1570. The molecule has 0 aliphatic heterocycles. The molecule has 0 saturated carbocycles. The lowest BCUT2D eigenvalue weighted by Gasteiger charge is -2.12. The molecule has 0 nitrogen and oxygen atoms in total. The van der Waals surface area contributed by atoms with Gasteiger partial charge in [0.15, 0.2) is 0 Å². The minimum Gasteiger partial charge on any atom is -0.0622 e. The largest absolute Gasteiger partial charge is 0.0622 e. The molecule has 0 aliphatic rings. The number of hydrogen-bond acceptors (Lipinski definition) is 0. The summed E-state index contributed by atoms with van der Waals surface area (Å²) >= 11 is 0. The molecule has 0 unspecified atom stereocenters. The first-order valence-electron chi connectivity index (χ1n) is 11.0. The molecule has 0 aliphatic carbocycles. The molecule has 6 rings (SSSR count). The molecule has 0 bridgehead atoms. The molecule has 0 heterocycles. The van der Waals surface area contributed by atoms with E-state index in [0.717, 1.165) is 0 Å². The van der Waals surface area contributed by atoms with E-state index < -0.39 is 0 Å². The number of benzene rings is 6. The van der Waals surface area contributed by atoms with Crippen LogP contribution >= 0.6 is 0 Å². The van der Waals surface area contributed by atoms with Gasteiger partial charge in [0.25, 0.3) is 0 Å². The predicted octanol–water partition coefficient (Wildman–Crippen LogP) is 8.92. The summed E-state index contributed by atoms with van der Waals surface area (Å²) in [5.41, 5.74) is 4.87. The Labute approximate surface area is 188 Å². The van der Waals surface area contributed by atoms with Crippen LogP contribution in [0.3, 0.4) is 0 Å². The molecular weight excluding hydrogens is 384 g/mol. The molecule has 6 aromatic rings. The van der Waals surface area contributed by atoms with Gasteiger partial charge in [-0.3, -0.25) is 0 Å². The highest BCUT2D eigenvalue weighted by atomic mass is 14.1. The standard InChI is InChI=1S/C32H22/c1-2-5-23(6-3-1)9-10-24-11-13-25(14-12-24)15-16-26-17-18-29-20-19-27-7-4-8-28-21-22-30(26)32(29)31(27)28/h1-22H. The molecule has 0 fully saturated rings. The van der Waals surface area contributed by atoms with Crippen molar-refractivity contribution in [1.82, 2.24) is 0 Å². The van der Waals surface area contributed by atoms with Crippen molar-refractivity contribution < 1.29 is 0 Å². The van der Waals surface area contributed by atoms with E-state index in [-0.39, 0.29) is 0 Å². The Hall–Kier alpha value is -4.16. The molecule has 6 aromatic carbocycles. The fourth-order valence-corrected chi connectivity index (χ4v) is 4.56. The van der Waals surface area contributed by atoms with Gasteiger partial charge in [-0.1, -0.05) is 133 Å². The van der Waals surface area contributed by atoms with E-state index >= 15 is 0 Å². The maximum absolute atomic E-state index is 2.27. The summed E-state index contributed by atoms with van der Waals surface area (Å²) < 4.78 is 0. The van der Waals surface area contributed by atoms with Gasteiger partial charge < -0.3 is 0 Å². The van der Waals surface area contributed by atoms with Crippen molar-refractivity contribution in [3.8, 4) is 0 Å². The van der Waals surface area contributed by atoms with Crippen LogP contribution < -0.4 is 0 Å². The Morgan fingerprint density at radius 1 is 0.344 bits per heavy atom. The number of hydrogen-bond donors (Lipinski definition) is 0. The van der Waals surface area contributed by atoms with E-state index in [1.807, 2.05) is 6.07 Å². The maximum Gasteiger partial charge on any atom is -0.00208 e. The zero-order valence-corrected chi connectivity index (χ0v) is 17.7. The van der Waals surface area contributed by atoms with Crippen LogP contribution in [0.25, 0.3) is 56.6 Å². The van der Waals surface area contributed by atoms with Crippen molar-refractivity contribution in [2.45, 2.75) is 0 Å². The summed E-state index contributed by atoms with van der Waals surface area (Å²) in [6.45, 7) is 0. The fourth-order valence-electron chi connectivity index (χ4n) is 4.56. The molecule has 0 saturated heterocycles. The van der Waals surface area contributed by atoms with Crippen LogP contribution in [-0.4, -0.2) is 0 Å². The van der Waals surface area contributed by atoms with Crippen molar-refractivity contribution >= 4 is 56.6 Å². The van der Waals surface area contributed by atoms with Gasteiger partial charge in [-0.25, -0.2) is 0 Å². The molecule has 150 valence electrons. The topological polar surface area (TPSA) is 0 Å². The van der Waals surface area contributed by atoms with E-state index in [1.54, 1.807) is 0 Å². The first-order chi connectivity index (χ1) is 15.8. The van der Waals surface area contributed by atoms with Crippen LogP contribution in [-0.2, 0) is 0 Å². The zero-order valence-electron chi connectivity index (χ0n) is 17.7. The van der Waals surface area contributed by atoms with Crippen molar-refractivity contribution in [1.29, 1.82) is 0 Å². The average molecular weight is 407 g/mol. The monoisotopic (exact) mass is 406 g/mol. The summed E-state index contributed by atoms with van der Waals surface area (Å²) in [6.07, 6.45) is 8.75. The van der Waals surface area contributed by atoms with Gasteiger partial charge in [0.05, 0.1) is 0 Å². The van der Waals surface area contributed by atoms with Crippen molar-refractivity contribution in [3.63, 3.8) is 0 Å². The summed E-state index contributed by atoms with van der Waals surface area (Å²) in [4.78, 5) is 0. The summed E-state index contributed by atoms with van der Waals surface area (Å²) in [6, 6.07) is 39.1. The van der Waals surface area contributed by atoms with Gasteiger partial charge in [0.1, 0.15) is 0 Å². The molecule has 32 heavy (non-hydrogen) atoms. The SMILES string of the molecule is C(=Cc1ccc(C=Cc2ccc3ccc4cccc5ccc2c3c45)cc1)c1ccccc1. The van der Waals surface area contributed by atoms with Crippen LogP contribution in [0.15, 0.2) is 109 Å². The summed E-state index contributed by atoms with van der Waals surface area (Å²) in [5.74, 6) is 0. The first-order valence-corrected chi connectivity index (χ1v) is 11.0. The third-order valence-electron chi connectivity index (χ3n) is 6.22. The van der Waals surface area contributed by atoms with Crippen LogP contribution in [0.1, 0.15) is 22.3 Å². The molecule has 0 N–H and O–H groups in total. The highest BCUT2D eigenvalue weighted by Crippen LogP contribution is 2.36. The molecule has 0 spiro atoms. The van der Waals surface area contributed by atoms with Gasteiger partial charge in [-0.2, -0.15) is 0 Å². The highest BCUT2D eigenvalue weighted by molar-refractivity contribution is 6.24. The Morgan fingerprint density at radius 3 is 1.56 bits per heavy atom. The molecule has 0 amide bonds. The third kappa shape index (κ3) is 3.36. The molecular formula is C32H22. The van der Waals surface area contributed by atoms with Crippen molar-refractivity contribution in [2.75, 3.05) is 0 Å². The second kappa shape index (κ2) is 7.83. The lowest BCUT2D eigenvalue weighted by atomic mass is 9.92. The van der Waals surface area contributed by atoms with Crippen LogP contribution in [0.5, 0.6) is 0 Å². The second-order valence-corrected chi connectivity index (χ2v) is 8.25. The number of rotatable bonds is 4. The third-order valence-corrected chi connectivity index (χ3v) is 6.22. The quantitative estimate of drug-likeness (QED) is 0.202.